The first-order valence-electron chi connectivity index (χ1n) is 7.20. The van der Waals surface area contributed by atoms with Crippen LogP contribution in [0.4, 0.5) is 0 Å². The van der Waals surface area contributed by atoms with Gasteiger partial charge in [-0.15, -0.1) is 0 Å². The molecule has 1 unspecified atom stereocenters. The molecule has 0 aromatic heterocycles. The van der Waals surface area contributed by atoms with Crippen LogP contribution in [0.1, 0.15) is 31.1 Å². The summed E-state index contributed by atoms with van der Waals surface area (Å²) in [5.74, 6) is -1.05. The third kappa shape index (κ3) is 2.66. The summed E-state index contributed by atoms with van der Waals surface area (Å²) < 4.78 is 5.23. The van der Waals surface area contributed by atoms with Gasteiger partial charge in [-0.2, -0.15) is 0 Å². The molecule has 1 heterocycles. The Hall–Kier alpha value is -2.79. The Kier molecular flexibility index (Phi) is 4.04. The minimum Gasteiger partial charge on any atom is -0.371 e. The van der Waals surface area contributed by atoms with Gasteiger partial charge in [-0.05, 0) is 12.1 Å². The number of fused-ring (bicyclic) bond motifs is 1. The minimum absolute atomic E-state index is 0.101. The topological polar surface area (TPSA) is 63.7 Å². The molecule has 2 aromatic rings. The number of methoxy groups -OCH3 is 1. The lowest BCUT2D eigenvalue weighted by Crippen LogP contribution is -2.41. The van der Waals surface area contributed by atoms with Crippen LogP contribution < -0.4 is 0 Å². The quantitative estimate of drug-likeness (QED) is 0.627. The molecule has 3 rings (SSSR count). The second-order valence-corrected chi connectivity index (χ2v) is 5.22. The minimum atomic E-state index is -0.889. The summed E-state index contributed by atoms with van der Waals surface area (Å²) in [6.45, 7) is -0.101. The lowest BCUT2D eigenvalue weighted by atomic mass is 10.1. The highest BCUT2D eigenvalue weighted by Gasteiger charge is 2.37. The van der Waals surface area contributed by atoms with E-state index in [4.69, 9.17) is 4.74 Å². The Bertz CT molecular complexity index is 735. The fourth-order valence-electron chi connectivity index (χ4n) is 2.62. The van der Waals surface area contributed by atoms with E-state index in [9.17, 15) is 14.4 Å². The highest BCUT2D eigenvalue weighted by atomic mass is 16.5. The lowest BCUT2D eigenvalue weighted by Gasteiger charge is -2.20. The van der Waals surface area contributed by atoms with Crippen molar-refractivity contribution in [2.75, 3.05) is 13.7 Å². The fraction of sp³-hybridized carbons (Fsp3) is 0.167. The lowest BCUT2D eigenvalue weighted by molar-refractivity contribution is 0.0403. The fourth-order valence-corrected chi connectivity index (χ4v) is 2.62. The van der Waals surface area contributed by atoms with E-state index in [0.717, 1.165) is 4.90 Å². The van der Waals surface area contributed by atoms with Gasteiger partial charge in [0, 0.05) is 12.7 Å². The van der Waals surface area contributed by atoms with Crippen molar-refractivity contribution < 1.29 is 19.1 Å². The average molecular weight is 309 g/mol. The summed E-state index contributed by atoms with van der Waals surface area (Å²) in [6.07, 6.45) is -0.889. The molecule has 0 spiro atoms. The molecule has 0 saturated carbocycles. The Balaban J connectivity index is 1.82. The molecule has 5 nitrogen and oxygen atoms in total. The highest BCUT2D eigenvalue weighted by Crippen LogP contribution is 2.23. The van der Waals surface area contributed by atoms with Crippen molar-refractivity contribution in [1.82, 2.24) is 4.90 Å². The van der Waals surface area contributed by atoms with Crippen molar-refractivity contribution >= 4 is 17.6 Å². The molecule has 2 amide bonds. The Morgan fingerprint density at radius 1 is 0.957 bits per heavy atom. The first-order chi connectivity index (χ1) is 11.1. The van der Waals surface area contributed by atoms with Crippen LogP contribution in [0.5, 0.6) is 0 Å². The number of amides is 2. The van der Waals surface area contributed by atoms with E-state index in [2.05, 4.69) is 0 Å². The number of imide groups is 1. The predicted octanol–water partition coefficient (Wildman–Crippen LogP) is 2.18. The van der Waals surface area contributed by atoms with Gasteiger partial charge in [0.25, 0.3) is 11.8 Å². The van der Waals surface area contributed by atoms with Gasteiger partial charge in [-0.3, -0.25) is 19.3 Å². The maximum atomic E-state index is 12.5. The van der Waals surface area contributed by atoms with E-state index in [0.29, 0.717) is 16.7 Å². The van der Waals surface area contributed by atoms with Gasteiger partial charge in [0.05, 0.1) is 17.7 Å². The second-order valence-electron chi connectivity index (χ2n) is 5.22. The van der Waals surface area contributed by atoms with Crippen LogP contribution in [0, 0.1) is 0 Å². The smallest absolute Gasteiger partial charge is 0.261 e. The SMILES string of the molecule is COC(CN1C(=O)c2ccccc2C1=O)C(=O)c1ccccc1. The van der Waals surface area contributed by atoms with E-state index >= 15 is 0 Å². The number of carbonyl (C=O) groups is 3. The number of benzene rings is 2. The van der Waals surface area contributed by atoms with Crippen molar-refractivity contribution in [3.8, 4) is 0 Å². The molecule has 0 bridgehead atoms. The standard InChI is InChI=1S/C18H15NO4/c1-23-15(16(20)12-7-3-2-4-8-12)11-19-17(21)13-9-5-6-10-14(13)18(19)22/h2-10,15H,11H2,1H3. The molecule has 5 heteroatoms. The Morgan fingerprint density at radius 2 is 1.48 bits per heavy atom. The summed E-state index contributed by atoms with van der Waals surface area (Å²) in [5.41, 5.74) is 1.20. The van der Waals surface area contributed by atoms with Crippen molar-refractivity contribution in [1.29, 1.82) is 0 Å². The zero-order valence-corrected chi connectivity index (χ0v) is 12.6. The number of ketones is 1. The third-order valence-electron chi connectivity index (χ3n) is 3.86. The zero-order chi connectivity index (χ0) is 16.4. The number of ether oxygens (including phenoxy) is 1. The van der Waals surface area contributed by atoms with Crippen LogP contribution in [0.15, 0.2) is 54.6 Å². The number of hydrogen-bond acceptors (Lipinski definition) is 4. The highest BCUT2D eigenvalue weighted by molar-refractivity contribution is 6.21. The van der Waals surface area contributed by atoms with Crippen LogP contribution >= 0.6 is 0 Å². The summed E-state index contributed by atoms with van der Waals surface area (Å²) in [7, 11) is 1.39. The van der Waals surface area contributed by atoms with E-state index < -0.39 is 17.9 Å². The summed E-state index contributed by atoms with van der Waals surface area (Å²) in [5, 5.41) is 0. The van der Waals surface area contributed by atoms with Gasteiger partial charge in [0.15, 0.2) is 5.78 Å². The maximum absolute atomic E-state index is 12.5. The molecule has 1 atom stereocenters. The van der Waals surface area contributed by atoms with E-state index in [1.165, 1.54) is 7.11 Å². The van der Waals surface area contributed by atoms with Crippen molar-refractivity contribution in [3.05, 3.63) is 71.3 Å². The van der Waals surface area contributed by atoms with E-state index in [-0.39, 0.29) is 12.3 Å². The van der Waals surface area contributed by atoms with Crippen LogP contribution in [-0.4, -0.2) is 42.3 Å². The number of rotatable bonds is 5. The molecule has 23 heavy (non-hydrogen) atoms. The summed E-state index contributed by atoms with van der Waals surface area (Å²) >= 11 is 0. The van der Waals surface area contributed by atoms with Crippen molar-refractivity contribution in [2.24, 2.45) is 0 Å². The van der Waals surface area contributed by atoms with E-state index in [1.807, 2.05) is 6.07 Å². The molecule has 1 aliphatic heterocycles. The van der Waals surface area contributed by atoms with Crippen LogP contribution in [0.3, 0.4) is 0 Å². The number of carbonyl (C=O) groups excluding carboxylic acids is 3. The van der Waals surface area contributed by atoms with Gasteiger partial charge in [-0.1, -0.05) is 42.5 Å². The van der Waals surface area contributed by atoms with Gasteiger partial charge in [0.1, 0.15) is 6.10 Å². The van der Waals surface area contributed by atoms with Crippen LogP contribution in [0.2, 0.25) is 0 Å². The first kappa shape index (κ1) is 15.1. The average Bonchev–Trinajstić information content (AvgIpc) is 2.84. The van der Waals surface area contributed by atoms with Crippen LogP contribution in [-0.2, 0) is 4.74 Å². The van der Waals surface area contributed by atoms with Gasteiger partial charge in [0.2, 0.25) is 0 Å². The van der Waals surface area contributed by atoms with Gasteiger partial charge >= 0.3 is 0 Å². The second kappa shape index (κ2) is 6.14. The number of Topliss-reactive ketones (excluding diaryl/α,β-unsaturated/α-hetero) is 1. The Labute approximate surface area is 133 Å². The molecular weight excluding hydrogens is 294 g/mol. The van der Waals surface area contributed by atoms with Crippen LogP contribution in [0.25, 0.3) is 0 Å². The normalized spacial score (nSPS) is 14.7. The maximum Gasteiger partial charge on any atom is 0.261 e. The van der Waals surface area contributed by atoms with Gasteiger partial charge in [-0.25, -0.2) is 0 Å². The molecule has 0 radical (unpaired) electrons. The number of hydrogen-bond donors (Lipinski definition) is 0. The zero-order valence-electron chi connectivity index (χ0n) is 12.6. The van der Waals surface area contributed by atoms with Gasteiger partial charge < -0.3 is 4.74 Å². The summed E-state index contributed by atoms with van der Waals surface area (Å²) in [4.78, 5) is 38.3. The molecule has 2 aromatic carbocycles. The predicted molar refractivity (Wildman–Crippen MR) is 83.4 cm³/mol. The molecule has 1 aliphatic rings. The first-order valence-corrected chi connectivity index (χ1v) is 7.20. The Morgan fingerprint density at radius 3 is 2.00 bits per heavy atom. The molecule has 0 saturated heterocycles. The molecule has 116 valence electrons. The largest absolute Gasteiger partial charge is 0.371 e. The van der Waals surface area contributed by atoms with Crippen molar-refractivity contribution in [2.45, 2.75) is 6.10 Å². The molecular formula is C18H15NO4. The molecule has 0 N–H and O–H groups in total. The third-order valence-corrected chi connectivity index (χ3v) is 3.86. The monoisotopic (exact) mass is 309 g/mol. The summed E-state index contributed by atoms with van der Waals surface area (Å²) in [6, 6.07) is 15.3. The molecule has 0 aliphatic carbocycles. The molecule has 0 fully saturated rings. The van der Waals surface area contributed by atoms with Crippen molar-refractivity contribution in [3.63, 3.8) is 0 Å². The van der Waals surface area contributed by atoms with E-state index in [1.54, 1.807) is 48.5 Å². The number of nitrogens with zero attached hydrogens (tertiary/aromatic N) is 1.